The lowest BCUT2D eigenvalue weighted by atomic mass is 10.4. The minimum Gasteiger partial charge on any atom is -0.288 e. The van der Waals surface area contributed by atoms with Gasteiger partial charge in [0, 0.05) is 17.6 Å². The molecule has 3 heterocycles. The number of nitrogens with zero attached hydrogens (tertiary/aromatic N) is 4. The first-order valence-electron chi connectivity index (χ1n) is 7.05. The van der Waals surface area contributed by atoms with Gasteiger partial charge < -0.3 is 0 Å². The van der Waals surface area contributed by atoms with Crippen LogP contribution in [-0.4, -0.2) is 33.8 Å². The van der Waals surface area contributed by atoms with Crippen molar-refractivity contribution in [2.45, 2.75) is 18.9 Å². The SMILES string of the molecule is Cc1cc(C)nc(NC(=O)NS(=O)(=O)c2c(Cl)nc3ccccn23)n1. The maximum Gasteiger partial charge on any atom is 0.335 e. The molecule has 0 aromatic carbocycles. The van der Waals surface area contributed by atoms with Crippen molar-refractivity contribution in [2.24, 2.45) is 0 Å². The second-order valence-electron chi connectivity index (χ2n) is 5.17. The van der Waals surface area contributed by atoms with Gasteiger partial charge in [-0.15, -0.1) is 0 Å². The Hall–Kier alpha value is -2.72. The molecule has 3 aromatic rings. The van der Waals surface area contributed by atoms with Crippen LogP contribution in [0.4, 0.5) is 10.7 Å². The fraction of sp³-hybridized carbons (Fsp3) is 0.143. The Balaban J connectivity index is 1.88. The lowest BCUT2D eigenvalue weighted by molar-refractivity contribution is 0.256. The Morgan fingerprint density at radius 3 is 2.52 bits per heavy atom. The van der Waals surface area contributed by atoms with Crippen LogP contribution < -0.4 is 10.0 Å². The fourth-order valence-electron chi connectivity index (χ4n) is 2.26. The molecule has 130 valence electrons. The van der Waals surface area contributed by atoms with Gasteiger partial charge in [-0.3, -0.25) is 9.72 Å². The fourth-order valence-corrected chi connectivity index (χ4v) is 3.82. The van der Waals surface area contributed by atoms with Crippen LogP contribution in [0.5, 0.6) is 0 Å². The van der Waals surface area contributed by atoms with Gasteiger partial charge in [0.15, 0.2) is 10.2 Å². The summed E-state index contributed by atoms with van der Waals surface area (Å²) in [6, 6.07) is 5.61. The van der Waals surface area contributed by atoms with E-state index in [0.29, 0.717) is 17.0 Å². The van der Waals surface area contributed by atoms with Crippen LogP contribution in [0.1, 0.15) is 11.4 Å². The molecular formula is C14H13ClN6O3S. The minimum atomic E-state index is -4.26. The quantitative estimate of drug-likeness (QED) is 0.716. The van der Waals surface area contributed by atoms with Crippen molar-refractivity contribution in [1.82, 2.24) is 24.1 Å². The highest BCUT2D eigenvalue weighted by molar-refractivity contribution is 7.90. The summed E-state index contributed by atoms with van der Waals surface area (Å²) in [5.74, 6) is -0.00515. The Morgan fingerprint density at radius 2 is 1.84 bits per heavy atom. The third-order valence-corrected chi connectivity index (χ3v) is 4.86. The van der Waals surface area contributed by atoms with Crippen molar-refractivity contribution in [3.8, 4) is 0 Å². The highest BCUT2D eigenvalue weighted by Crippen LogP contribution is 2.22. The summed E-state index contributed by atoms with van der Waals surface area (Å²) in [5.41, 5.74) is 1.61. The van der Waals surface area contributed by atoms with Crippen molar-refractivity contribution in [3.05, 3.63) is 47.0 Å². The topological polar surface area (TPSA) is 118 Å². The predicted molar refractivity (Wildman–Crippen MR) is 91.0 cm³/mol. The van der Waals surface area contributed by atoms with Crippen LogP contribution in [0.3, 0.4) is 0 Å². The van der Waals surface area contributed by atoms with Crippen molar-refractivity contribution in [1.29, 1.82) is 0 Å². The second kappa shape index (κ2) is 6.30. The molecule has 0 aliphatic rings. The number of nitrogens with one attached hydrogen (secondary N) is 2. The van der Waals surface area contributed by atoms with E-state index in [9.17, 15) is 13.2 Å². The number of imidazole rings is 1. The summed E-state index contributed by atoms with van der Waals surface area (Å²) in [6.45, 7) is 3.46. The Labute approximate surface area is 148 Å². The van der Waals surface area contributed by atoms with E-state index in [2.05, 4.69) is 20.3 Å². The van der Waals surface area contributed by atoms with E-state index in [1.165, 1.54) is 10.6 Å². The zero-order chi connectivity index (χ0) is 18.2. The Bertz CT molecular complexity index is 1060. The van der Waals surface area contributed by atoms with Gasteiger partial charge in [0.2, 0.25) is 5.95 Å². The lowest BCUT2D eigenvalue weighted by Crippen LogP contribution is -2.35. The van der Waals surface area contributed by atoms with Gasteiger partial charge >= 0.3 is 6.03 Å². The molecule has 0 unspecified atom stereocenters. The number of aromatic nitrogens is 4. The molecule has 3 rings (SSSR count). The third-order valence-electron chi connectivity index (χ3n) is 3.14. The number of hydrogen-bond acceptors (Lipinski definition) is 6. The van der Waals surface area contributed by atoms with Crippen LogP contribution in [0.2, 0.25) is 5.15 Å². The number of hydrogen-bond donors (Lipinski definition) is 2. The molecule has 0 atom stereocenters. The average Bonchev–Trinajstić information content (AvgIpc) is 2.81. The van der Waals surface area contributed by atoms with Crippen LogP contribution in [0, 0.1) is 13.8 Å². The summed E-state index contributed by atoms with van der Waals surface area (Å²) in [7, 11) is -4.26. The summed E-state index contributed by atoms with van der Waals surface area (Å²) < 4.78 is 28.2. The van der Waals surface area contributed by atoms with Crippen LogP contribution in [0.25, 0.3) is 5.65 Å². The summed E-state index contributed by atoms with van der Waals surface area (Å²) in [6.07, 6.45) is 1.48. The highest BCUT2D eigenvalue weighted by Gasteiger charge is 2.26. The molecule has 0 bridgehead atoms. The predicted octanol–water partition coefficient (Wildman–Crippen LogP) is 1.90. The first-order chi connectivity index (χ1) is 11.8. The number of pyridine rings is 1. The maximum absolute atomic E-state index is 12.5. The molecule has 9 nitrogen and oxygen atoms in total. The van der Waals surface area contributed by atoms with E-state index in [-0.39, 0.29) is 16.1 Å². The number of amides is 2. The van der Waals surface area contributed by atoms with Crippen molar-refractivity contribution in [2.75, 3.05) is 5.32 Å². The number of aryl methyl sites for hydroxylation is 2. The summed E-state index contributed by atoms with van der Waals surface area (Å²) in [5, 5.41) is 1.71. The molecule has 11 heteroatoms. The van der Waals surface area contributed by atoms with Gasteiger partial charge in [-0.05, 0) is 32.0 Å². The zero-order valence-electron chi connectivity index (χ0n) is 13.2. The van der Waals surface area contributed by atoms with E-state index < -0.39 is 16.1 Å². The van der Waals surface area contributed by atoms with Gasteiger partial charge in [-0.1, -0.05) is 17.7 Å². The van der Waals surface area contributed by atoms with Crippen molar-refractivity contribution in [3.63, 3.8) is 0 Å². The highest BCUT2D eigenvalue weighted by atomic mass is 35.5. The summed E-state index contributed by atoms with van der Waals surface area (Å²) in [4.78, 5) is 24.0. The molecule has 0 aliphatic carbocycles. The smallest absolute Gasteiger partial charge is 0.288 e. The molecule has 3 aromatic heterocycles. The van der Waals surface area contributed by atoms with Gasteiger partial charge in [-0.25, -0.2) is 24.5 Å². The lowest BCUT2D eigenvalue weighted by Gasteiger charge is -2.08. The van der Waals surface area contributed by atoms with Crippen molar-refractivity contribution >= 4 is 39.3 Å². The van der Waals surface area contributed by atoms with E-state index in [0.717, 1.165) is 0 Å². The van der Waals surface area contributed by atoms with E-state index in [4.69, 9.17) is 11.6 Å². The number of sulfonamides is 1. The number of anilines is 1. The molecule has 0 spiro atoms. The maximum atomic E-state index is 12.5. The number of halogens is 1. The standard InChI is InChI=1S/C14H13ClN6O3S/c1-8-7-9(2)17-13(16-8)19-14(22)20-25(23,24)12-11(15)18-10-5-3-4-6-21(10)12/h3-7H,1-2H3,(H2,16,17,19,20,22). The molecule has 2 N–H and O–H groups in total. The minimum absolute atomic E-state index is 0.00515. The number of carbonyl (C=O) groups excluding carboxylic acids is 1. The number of urea groups is 1. The molecule has 0 aliphatic heterocycles. The molecule has 2 amide bonds. The third kappa shape index (κ3) is 3.54. The zero-order valence-corrected chi connectivity index (χ0v) is 14.8. The monoisotopic (exact) mass is 380 g/mol. The second-order valence-corrected chi connectivity index (χ2v) is 7.13. The first-order valence-corrected chi connectivity index (χ1v) is 8.91. The number of rotatable bonds is 3. The van der Waals surface area contributed by atoms with E-state index in [1.54, 1.807) is 38.1 Å². The van der Waals surface area contributed by atoms with Crippen molar-refractivity contribution < 1.29 is 13.2 Å². The molecule has 0 saturated carbocycles. The van der Waals surface area contributed by atoms with E-state index >= 15 is 0 Å². The molecule has 0 saturated heterocycles. The average molecular weight is 381 g/mol. The molecule has 0 radical (unpaired) electrons. The molecular weight excluding hydrogens is 368 g/mol. The van der Waals surface area contributed by atoms with Gasteiger partial charge in [0.05, 0.1) is 0 Å². The molecule has 0 fully saturated rings. The van der Waals surface area contributed by atoms with Gasteiger partial charge in [-0.2, -0.15) is 8.42 Å². The van der Waals surface area contributed by atoms with Gasteiger partial charge in [0.1, 0.15) is 5.65 Å². The van der Waals surface area contributed by atoms with Crippen LogP contribution in [-0.2, 0) is 10.0 Å². The largest absolute Gasteiger partial charge is 0.335 e. The molecule has 25 heavy (non-hydrogen) atoms. The Kier molecular flexibility index (Phi) is 4.31. The number of carbonyl (C=O) groups is 1. The van der Waals surface area contributed by atoms with Crippen LogP contribution in [0.15, 0.2) is 35.5 Å². The van der Waals surface area contributed by atoms with Crippen LogP contribution >= 0.6 is 11.6 Å². The van der Waals surface area contributed by atoms with E-state index in [1.807, 2.05) is 4.72 Å². The van der Waals surface area contributed by atoms with Gasteiger partial charge in [0.25, 0.3) is 10.0 Å². The first kappa shape index (κ1) is 17.1. The number of fused-ring (bicyclic) bond motifs is 1. The summed E-state index contributed by atoms with van der Waals surface area (Å²) >= 11 is 5.93. The Morgan fingerprint density at radius 1 is 1.16 bits per heavy atom. The normalized spacial score (nSPS) is 11.5.